The summed E-state index contributed by atoms with van der Waals surface area (Å²) in [4.78, 5) is 24.2. The Labute approximate surface area is 100 Å². The van der Waals surface area contributed by atoms with Gasteiger partial charge >= 0.3 is 8.60 Å². The van der Waals surface area contributed by atoms with Gasteiger partial charge in [-0.15, -0.1) is 0 Å². The summed E-state index contributed by atoms with van der Waals surface area (Å²) < 4.78 is 0. The van der Waals surface area contributed by atoms with Gasteiger partial charge in [0.2, 0.25) is 0 Å². The van der Waals surface area contributed by atoms with Crippen LogP contribution in [-0.2, 0) is 0 Å². The lowest BCUT2D eigenvalue weighted by atomic mass is 9.75. The van der Waals surface area contributed by atoms with Gasteiger partial charge in [0.05, 0.1) is 0 Å². The molecule has 3 N–H and O–H groups in total. The summed E-state index contributed by atoms with van der Waals surface area (Å²) in [6.45, 7) is 11.8. The van der Waals surface area contributed by atoms with Crippen LogP contribution in [0.5, 0.6) is 0 Å². The van der Waals surface area contributed by atoms with Crippen LogP contribution in [-0.4, -0.2) is 37.7 Å². The van der Waals surface area contributed by atoms with Crippen molar-refractivity contribution in [1.29, 1.82) is 0 Å². The van der Waals surface area contributed by atoms with Crippen LogP contribution >= 0.6 is 8.60 Å². The van der Waals surface area contributed by atoms with Crippen LogP contribution in [0.1, 0.15) is 47.5 Å². The highest BCUT2D eigenvalue weighted by atomic mass is 31.2. The minimum atomic E-state index is -2.62. The molecular weight excluding hydrogens is 225 g/mol. The van der Waals surface area contributed by atoms with E-state index < -0.39 is 8.60 Å². The molecule has 0 aromatic carbocycles. The van der Waals surface area contributed by atoms with E-state index >= 15 is 0 Å². The Morgan fingerprint density at radius 1 is 1.00 bits per heavy atom. The monoisotopic (exact) mass is 251 g/mol. The topological polar surface area (TPSA) is 63.9 Å². The van der Waals surface area contributed by atoms with Crippen LogP contribution < -0.4 is 0 Å². The summed E-state index contributed by atoms with van der Waals surface area (Å²) in [5.41, 5.74) is 0.752. The number of rotatable bonds is 0. The Balaban J connectivity index is 0.000000487. The first kappa shape index (κ1) is 16.3. The third-order valence-electron chi connectivity index (χ3n) is 3.51. The molecule has 0 bridgehead atoms. The van der Waals surface area contributed by atoms with Gasteiger partial charge in [-0.25, -0.2) is 0 Å². The van der Waals surface area contributed by atoms with E-state index in [0.717, 1.165) is 5.92 Å². The summed E-state index contributed by atoms with van der Waals surface area (Å²) in [6.07, 6.45) is 2.65. The minimum absolute atomic E-state index is 0.376. The average molecular weight is 251 g/mol. The molecule has 1 aliphatic rings. The zero-order valence-corrected chi connectivity index (χ0v) is 12.1. The summed E-state index contributed by atoms with van der Waals surface area (Å²) in [6, 6.07) is 0. The number of likely N-dealkylation sites (tertiary alicyclic amines) is 1. The first-order chi connectivity index (χ1) is 6.99. The highest BCUT2D eigenvalue weighted by Gasteiger charge is 2.41. The molecule has 98 valence electrons. The minimum Gasteiger partial charge on any atom is -0.328 e. The standard InChI is InChI=1S/C11H23N.H3O3P/c1-9-7-10(2,3)12(6)11(4,5)8-9;1-4(2)3/h9H,7-8H2,1-6H3;1-3H. The molecule has 0 atom stereocenters. The molecule has 1 saturated heterocycles. The van der Waals surface area contributed by atoms with Gasteiger partial charge in [-0.1, -0.05) is 6.92 Å². The maximum atomic E-state index is 7.23. The number of hydrogen-bond acceptors (Lipinski definition) is 4. The van der Waals surface area contributed by atoms with Gasteiger partial charge in [0.1, 0.15) is 0 Å². The predicted octanol–water partition coefficient (Wildman–Crippen LogP) is 2.10. The summed E-state index contributed by atoms with van der Waals surface area (Å²) in [7, 11) is -0.365. The van der Waals surface area contributed by atoms with Gasteiger partial charge in [0.25, 0.3) is 0 Å². The fourth-order valence-electron chi connectivity index (χ4n) is 2.87. The second-order valence-corrected chi connectivity index (χ2v) is 6.50. The summed E-state index contributed by atoms with van der Waals surface area (Å²) in [5.74, 6) is 0.867. The van der Waals surface area contributed by atoms with Gasteiger partial charge < -0.3 is 14.7 Å². The Hall–Kier alpha value is 0.270. The lowest BCUT2D eigenvalue weighted by Gasteiger charge is -2.53. The Bertz CT molecular complexity index is 199. The van der Waals surface area contributed by atoms with Gasteiger partial charge in [-0.2, -0.15) is 0 Å². The molecule has 1 heterocycles. The number of nitrogens with zero attached hydrogens (tertiary/aromatic N) is 1. The second-order valence-electron chi connectivity index (χ2n) is 5.97. The third-order valence-corrected chi connectivity index (χ3v) is 3.51. The van der Waals surface area contributed by atoms with Crippen molar-refractivity contribution in [3.05, 3.63) is 0 Å². The van der Waals surface area contributed by atoms with Crippen molar-refractivity contribution >= 4 is 8.60 Å². The van der Waals surface area contributed by atoms with Crippen LogP contribution in [0.15, 0.2) is 0 Å². The van der Waals surface area contributed by atoms with Crippen LogP contribution in [0, 0.1) is 5.92 Å². The van der Waals surface area contributed by atoms with Gasteiger partial charge in [0.15, 0.2) is 0 Å². The molecule has 1 fully saturated rings. The maximum Gasteiger partial charge on any atom is 0.324 e. The third kappa shape index (κ3) is 5.07. The molecule has 0 unspecified atom stereocenters. The molecule has 5 heteroatoms. The van der Waals surface area contributed by atoms with Crippen LogP contribution in [0.2, 0.25) is 0 Å². The molecule has 1 rings (SSSR count). The van der Waals surface area contributed by atoms with E-state index in [-0.39, 0.29) is 0 Å². The molecule has 4 nitrogen and oxygen atoms in total. The zero-order valence-electron chi connectivity index (χ0n) is 11.2. The molecular formula is C11H26NO3P. The van der Waals surface area contributed by atoms with E-state index in [2.05, 4.69) is 46.6 Å². The zero-order chi connectivity index (χ0) is 13.1. The largest absolute Gasteiger partial charge is 0.328 e. The summed E-state index contributed by atoms with van der Waals surface area (Å²) in [5, 5.41) is 0. The van der Waals surface area contributed by atoms with Crippen LogP contribution in [0.4, 0.5) is 0 Å². The van der Waals surface area contributed by atoms with E-state index in [1.807, 2.05) is 0 Å². The first-order valence-corrected chi connectivity index (χ1v) is 6.80. The van der Waals surface area contributed by atoms with E-state index in [1.165, 1.54) is 12.8 Å². The predicted molar refractivity (Wildman–Crippen MR) is 67.9 cm³/mol. The fraction of sp³-hybridized carbons (Fsp3) is 1.00. The lowest BCUT2D eigenvalue weighted by Crippen LogP contribution is -2.58. The summed E-state index contributed by atoms with van der Waals surface area (Å²) >= 11 is 0. The van der Waals surface area contributed by atoms with Gasteiger partial charge in [-0.05, 0) is 53.5 Å². The van der Waals surface area contributed by atoms with E-state index in [0.29, 0.717) is 11.1 Å². The first-order valence-electron chi connectivity index (χ1n) is 5.60. The normalized spacial score (nSPS) is 25.1. The Morgan fingerprint density at radius 3 is 1.50 bits per heavy atom. The molecule has 0 aromatic heterocycles. The molecule has 0 spiro atoms. The maximum absolute atomic E-state index is 7.23. The highest BCUT2D eigenvalue weighted by Crippen LogP contribution is 2.39. The van der Waals surface area contributed by atoms with Gasteiger partial charge in [0, 0.05) is 11.1 Å². The van der Waals surface area contributed by atoms with E-state index in [4.69, 9.17) is 14.7 Å². The number of piperidine rings is 1. The van der Waals surface area contributed by atoms with Crippen LogP contribution in [0.25, 0.3) is 0 Å². The Morgan fingerprint density at radius 2 is 1.25 bits per heavy atom. The molecule has 0 amide bonds. The van der Waals surface area contributed by atoms with Crippen molar-refractivity contribution in [3.8, 4) is 0 Å². The molecule has 0 aliphatic carbocycles. The van der Waals surface area contributed by atoms with Crippen molar-refractivity contribution in [2.45, 2.75) is 58.5 Å². The van der Waals surface area contributed by atoms with Crippen molar-refractivity contribution in [2.75, 3.05) is 7.05 Å². The van der Waals surface area contributed by atoms with E-state index in [9.17, 15) is 0 Å². The highest BCUT2D eigenvalue weighted by molar-refractivity contribution is 7.38. The number of hydrogen-bond donors (Lipinski definition) is 3. The average Bonchev–Trinajstić information content (AvgIpc) is 1.96. The SMILES string of the molecule is CC1CC(C)(C)N(C)C(C)(C)C1.OP(O)O. The van der Waals surface area contributed by atoms with E-state index in [1.54, 1.807) is 0 Å². The molecule has 0 saturated carbocycles. The van der Waals surface area contributed by atoms with Crippen LogP contribution in [0.3, 0.4) is 0 Å². The molecule has 16 heavy (non-hydrogen) atoms. The van der Waals surface area contributed by atoms with Crippen molar-refractivity contribution in [1.82, 2.24) is 4.90 Å². The molecule has 1 aliphatic heterocycles. The molecule has 0 aromatic rings. The molecule has 0 radical (unpaired) electrons. The lowest BCUT2D eigenvalue weighted by molar-refractivity contribution is -0.0255. The van der Waals surface area contributed by atoms with Crippen molar-refractivity contribution < 1.29 is 14.7 Å². The second kappa shape index (κ2) is 5.74. The van der Waals surface area contributed by atoms with Crippen molar-refractivity contribution in [3.63, 3.8) is 0 Å². The fourth-order valence-corrected chi connectivity index (χ4v) is 2.87. The Kier molecular flexibility index (Phi) is 5.84. The smallest absolute Gasteiger partial charge is 0.324 e. The van der Waals surface area contributed by atoms with Gasteiger partial charge in [-0.3, -0.25) is 4.90 Å². The van der Waals surface area contributed by atoms with Crippen molar-refractivity contribution in [2.24, 2.45) is 5.92 Å². The quantitative estimate of drug-likeness (QED) is 0.577.